The molecule has 0 nitrogen and oxygen atoms in total. The Labute approximate surface area is 134 Å². The van der Waals surface area contributed by atoms with Gasteiger partial charge in [-0.3, -0.25) is 0 Å². The molecular weight excluding hydrogens is 271 g/mol. The SMILES string of the molecule is CC1CC2CCCC(PC34CCCC(CC(C)C3)C4)(C1)C2. The van der Waals surface area contributed by atoms with Crippen molar-refractivity contribution in [2.45, 2.75) is 101 Å². The van der Waals surface area contributed by atoms with Crippen molar-refractivity contribution in [2.75, 3.05) is 0 Å². The lowest BCUT2D eigenvalue weighted by Crippen LogP contribution is -2.46. The summed E-state index contributed by atoms with van der Waals surface area (Å²) in [5.41, 5.74) is 0. The van der Waals surface area contributed by atoms with Crippen molar-refractivity contribution in [1.82, 2.24) is 0 Å². The molecule has 0 aromatic rings. The maximum absolute atomic E-state index is 2.56. The van der Waals surface area contributed by atoms with Crippen molar-refractivity contribution in [3.05, 3.63) is 0 Å². The Morgan fingerprint density at radius 1 is 0.714 bits per heavy atom. The lowest BCUT2D eigenvalue weighted by Gasteiger charge is -2.56. The minimum absolute atomic E-state index is 0.805. The van der Waals surface area contributed by atoms with Gasteiger partial charge in [-0.2, -0.15) is 0 Å². The van der Waals surface area contributed by atoms with Gasteiger partial charge in [0.25, 0.3) is 0 Å². The van der Waals surface area contributed by atoms with Gasteiger partial charge in [0.1, 0.15) is 0 Å². The molecular formula is C20H35P. The van der Waals surface area contributed by atoms with Crippen LogP contribution in [0, 0.1) is 23.7 Å². The number of rotatable bonds is 2. The van der Waals surface area contributed by atoms with E-state index in [0.29, 0.717) is 0 Å². The molecule has 21 heavy (non-hydrogen) atoms. The van der Waals surface area contributed by atoms with Crippen LogP contribution in [0.15, 0.2) is 0 Å². The third-order valence-corrected chi connectivity index (χ3v) is 9.75. The third kappa shape index (κ3) is 2.96. The van der Waals surface area contributed by atoms with Crippen molar-refractivity contribution in [3.63, 3.8) is 0 Å². The van der Waals surface area contributed by atoms with E-state index in [2.05, 4.69) is 13.8 Å². The van der Waals surface area contributed by atoms with E-state index in [9.17, 15) is 0 Å². The summed E-state index contributed by atoms with van der Waals surface area (Å²) in [6.45, 7) is 5.11. The molecule has 0 aliphatic heterocycles. The van der Waals surface area contributed by atoms with Crippen LogP contribution in [0.4, 0.5) is 0 Å². The molecule has 4 bridgehead atoms. The molecule has 4 rings (SSSR count). The molecule has 4 fully saturated rings. The highest BCUT2D eigenvalue weighted by Crippen LogP contribution is 2.65. The van der Waals surface area contributed by atoms with E-state index in [-0.39, 0.29) is 0 Å². The van der Waals surface area contributed by atoms with Crippen LogP contribution in [0.5, 0.6) is 0 Å². The van der Waals surface area contributed by atoms with E-state index < -0.39 is 0 Å². The van der Waals surface area contributed by atoms with Gasteiger partial charge in [-0.25, -0.2) is 0 Å². The first-order chi connectivity index (χ1) is 10.1. The maximum atomic E-state index is 2.56. The van der Waals surface area contributed by atoms with Crippen molar-refractivity contribution >= 4 is 8.58 Å². The molecule has 4 aliphatic carbocycles. The summed E-state index contributed by atoms with van der Waals surface area (Å²) in [6.07, 6.45) is 18.9. The van der Waals surface area contributed by atoms with Gasteiger partial charge in [0.15, 0.2) is 0 Å². The van der Waals surface area contributed by atoms with Gasteiger partial charge in [-0.05, 0) is 85.4 Å². The summed E-state index contributed by atoms with van der Waals surface area (Å²) in [7, 11) is 1.32. The molecule has 1 heteroatoms. The molecule has 0 amide bonds. The van der Waals surface area contributed by atoms with Crippen molar-refractivity contribution in [3.8, 4) is 0 Å². The fourth-order valence-electron chi connectivity index (χ4n) is 7.28. The summed E-state index contributed by atoms with van der Waals surface area (Å²) in [5, 5.41) is 1.61. The minimum Gasteiger partial charge on any atom is -0.109 e. The monoisotopic (exact) mass is 306 g/mol. The van der Waals surface area contributed by atoms with Crippen molar-refractivity contribution in [1.29, 1.82) is 0 Å². The molecule has 0 aromatic carbocycles. The quantitative estimate of drug-likeness (QED) is 0.519. The molecule has 0 spiro atoms. The van der Waals surface area contributed by atoms with Gasteiger partial charge < -0.3 is 0 Å². The van der Waals surface area contributed by atoms with Crippen LogP contribution in [0.2, 0.25) is 0 Å². The van der Waals surface area contributed by atoms with E-state index in [4.69, 9.17) is 0 Å². The van der Waals surface area contributed by atoms with E-state index in [1.807, 2.05) is 0 Å². The number of hydrogen-bond donors (Lipinski definition) is 0. The molecule has 4 saturated carbocycles. The average molecular weight is 306 g/mol. The van der Waals surface area contributed by atoms with E-state index in [1.165, 1.54) is 8.58 Å². The lowest BCUT2D eigenvalue weighted by atomic mass is 9.67. The first kappa shape index (κ1) is 15.0. The Morgan fingerprint density at radius 2 is 1.19 bits per heavy atom. The molecule has 4 aliphatic rings. The zero-order chi connectivity index (χ0) is 14.5. The second-order valence-corrected chi connectivity index (χ2v) is 12.1. The van der Waals surface area contributed by atoms with Gasteiger partial charge in [-0.15, -0.1) is 8.58 Å². The number of fused-ring (bicyclic) bond motifs is 4. The van der Waals surface area contributed by atoms with Crippen molar-refractivity contribution in [2.24, 2.45) is 23.7 Å². The summed E-state index contributed by atoms with van der Waals surface area (Å²) in [4.78, 5) is 0. The van der Waals surface area contributed by atoms with Crippen LogP contribution < -0.4 is 0 Å². The molecule has 0 heterocycles. The predicted molar refractivity (Wildman–Crippen MR) is 94.5 cm³/mol. The highest BCUT2D eigenvalue weighted by Gasteiger charge is 2.50. The summed E-state index contributed by atoms with van der Waals surface area (Å²) in [5.74, 6) is 4.25. The summed E-state index contributed by atoms with van der Waals surface area (Å²) < 4.78 is 0. The highest BCUT2D eigenvalue weighted by molar-refractivity contribution is 7.42. The van der Waals surface area contributed by atoms with E-state index in [1.54, 1.807) is 77.0 Å². The number of hydrogen-bond acceptors (Lipinski definition) is 0. The molecule has 6 atom stereocenters. The molecule has 120 valence electrons. The standard InChI is InChI=1S/C20H35P/c1-15-9-17-5-3-7-19(11-15,13-17)21-20-8-4-6-18(14-20)10-16(2)12-20/h15-18,21H,3-14H2,1-2H3. The molecule has 0 radical (unpaired) electrons. The van der Waals surface area contributed by atoms with E-state index in [0.717, 1.165) is 34.0 Å². The van der Waals surface area contributed by atoms with Crippen LogP contribution in [0.3, 0.4) is 0 Å². The maximum Gasteiger partial charge on any atom is -0.0112 e. The third-order valence-electron chi connectivity index (χ3n) is 7.37. The molecule has 6 unspecified atom stereocenters. The summed E-state index contributed by atoms with van der Waals surface area (Å²) >= 11 is 0. The van der Waals surface area contributed by atoms with Crippen LogP contribution in [0.1, 0.15) is 90.9 Å². The summed E-state index contributed by atoms with van der Waals surface area (Å²) in [6, 6.07) is 0. The normalized spacial score (nSPS) is 54.0. The Balaban J connectivity index is 1.55. The van der Waals surface area contributed by atoms with Gasteiger partial charge in [-0.1, -0.05) is 39.5 Å². The average Bonchev–Trinajstić information content (AvgIpc) is 2.35. The minimum atomic E-state index is 0.805. The van der Waals surface area contributed by atoms with Crippen LogP contribution >= 0.6 is 8.58 Å². The second kappa shape index (κ2) is 5.51. The molecule has 0 N–H and O–H groups in total. The van der Waals surface area contributed by atoms with Crippen molar-refractivity contribution < 1.29 is 0 Å². The van der Waals surface area contributed by atoms with Gasteiger partial charge in [0, 0.05) is 0 Å². The zero-order valence-corrected chi connectivity index (χ0v) is 15.3. The largest absolute Gasteiger partial charge is 0.109 e. The van der Waals surface area contributed by atoms with Gasteiger partial charge >= 0.3 is 0 Å². The van der Waals surface area contributed by atoms with Crippen LogP contribution in [-0.4, -0.2) is 10.3 Å². The first-order valence-electron chi connectivity index (χ1n) is 9.86. The zero-order valence-electron chi connectivity index (χ0n) is 14.3. The predicted octanol–water partition coefficient (Wildman–Crippen LogP) is 6.38. The Hall–Kier alpha value is 0.430. The Morgan fingerprint density at radius 3 is 1.67 bits per heavy atom. The van der Waals surface area contributed by atoms with Crippen LogP contribution in [-0.2, 0) is 0 Å². The topological polar surface area (TPSA) is 0 Å². The Bertz CT molecular complexity index is 347. The fraction of sp³-hybridized carbons (Fsp3) is 1.00. The smallest absolute Gasteiger partial charge is 0.0112 e. The second-order valence-electron chi connectivity index (χ2n) is 9.70. The van der Waals surface area contributed by atoms with E-state index >= 15 is 0 Å². The van der Waals surface area contributed by atoms with Gasteiger partial charge in [0.05, 0.1) is 0 Å². The van der Waals surface area contributed by atoms with Crippen LogP contribution in [0.25, 0.3) is 0 Å². The Kier molecular flexibility index (Phi) is 3.93. The highest BCUT2D eigenvalue weighted by atomic mass is 31.1. The first-order valence-corrected chi connectivity index (χ1v) is 10.9. The lowest BCUT2D eigenvalue weighted by molar-refractivity contribution is 0.147. The molecule has 0 saturated heterocycles. The molecule has 0 aromatic heterocycles. The van der Waals surface area contributed by atoms with Gasteiger partial charge in [0.2, 0.25) is 0 Å². The fourth-order valence-corrected chi connectivity index (χ4v) is 10.7.